The van der Waals surface area contributed by atoms with Crippen LogP contribution in [0.4, 0.5) is 19.0 Å². The predicted octanol–water partition coefficient (Wildman–Crippen LogP) is 4.06. The molecule has 0 spiro atoms. The summed E-state index contributed by atoms with van der Waals surface area (Å²) in [5.41, 5.74) is 9.44. The number of hydrogen-bond donors (Lipinski definition) is 2. The Kier molecular flexibility index (Phi) is 4.38. The molecule has 0 bridgehead atoms. The summed E-state index contributed by atoms with van der Waals surface area (Å²) in [6, 6.07) is 7.75. The van der Waals surface area contributed by atoms with Crippen molar-refractivity contribution in [2.24, 2.45) is 5.92 Å². The van der Waals surface area contributed by atoms with Gasteiger partial charge in [0, 0.05) is 29.7 Å². The second-order valence-electron chi connectivity index (χ2n) is 7.78. The average molecular weight is 429 g/mol. The van der Waals surface area contributed by atoms with Crippen molar-refractivity contribution in [3.05, 3.63) is 43.1 Å². The van der Waals surface area contributed by atoms with Crippen molar-refractivity contribution in [1.29, 1.82) is 0 Å². The van der Waals surface area contributed by atoms with Crippen LogP contribution in [0.2, 0.25) is 0 Å². The lowest BCUT2D eigenvalue weighted by Crippen LogP contribution is -2.42. The van der Waals surface area contributed by atoms with Gasteiger partial charge in [0.05, 0.1) is 11.6 Å². The number of carbonyl (C=O) groups excluding carboxylic acids is 1. The van der Waals surface area contributed by atoms with Gasteiger partial charge in [-0.2, -0.15) is 13.2 Å². The molecule has 1 aliphatic rings. The summed E-state index contributed by atoms with van der Waals surface area (Å²) < 4.78 is 44.5. The lowest BCUT2D eigenvalue weighted by Gasteiger charge is -2.36. The zero-order chi connectivity index (χ0) is 21.8. The Morgan fingerprint density at radius 1 is 1.26 bits per heavy atom. The highest BCUT2D eigenvalue weighted by atomic mass is 19.4. The maximum atomic E-state index is 12.4. The van der Waals surface area contributed by atoms with Crippen LogP contribution in [0.25, 0.3) is 33.1 Å². The summed E-state index contributed by atoms with van der Waals surface area (Å²) in [5.74, 6) is -1.57. The Hall–Kier alpha value is -3.56. The van der Waals surface area contributed by atoms with E-state index in [1.165, 1.54) is 6.33 Å². The number of nitrogens with zero attached hydrogens (tertiary/aromatic N) is 3. The fraction of sp³-hybridized carbons (Fsp3) is 0.286. The lowest BCUT2D eigenvalue weighted by molar-refractivity contribution is -0.173. The lowest BCUT2D eigenvalue weighted by atomic mass is 9.80. The molecule has 3 heterocycles. The molecule has 1 saturated carbocycles. The van der Waals surface area contributed by atoms with Crippen molar-refractivity contribution >= 4 is 33.7 Å². The van der Waals surface area contributed by atoms with Gasteiger partial charge in [0.2, 0.25) is 0 Å². The topological polar surface area (TPSA) is 99.0 Å². The number of nitrogens with two attached hydrogens (primary N) is 1. The molecule has 31 heavy (non-hydrogen) atoms. The third-order valence-corrected chi connectivity index (χ3v) is 5.82. The molecule has 0 atom stereocenters. The van der Waals surface area contributed by atoms with Crippen LogP contribution < -0.4 is 11.1 Å². The Morgan fingerprint density at radius 2 is 2.06 bits per heavy atom. The Balaban J connectivity index is 1.42. The van der Waals surface area contributed by atoms with E-state index in [4.69, 9.17) is 10.2 Å². The summed E-state index contributed by atoms with van der Waals surface area (Å²) in [6.07, 6.45) is 1.39. The number of rotatable bonds is 4. The maximum absolute atomic E-state index is 12.4. The van der Waals surface area contributed by atoms with Crippen molar-refractivity contribution in [3.63, 3.8) is 0 Å². The number of nitrogen functional groups attached to an aromatic ring is 1. The second kappa shape index (κ2) is 7.00. The average Bonchev–Trinajstić information content (AvgIpc) is 3.31. The normalized spacial score (nSPS) is 18.9. The molecule has 1 aliphatic carbocycles. The molecule has 0 radical (unpaired) electrons. The van der Waals surface area contributed by atoms with Crippen molar-refractivity contribution < 1.29 is 22.4 Å². The third kappa shape index (κ3) is 3.37. The van der Waals surface area contributed by atoms with E-state index in [2.05, 4.69) is 9.97 Å². The number of carbonyl (C=O) groups is 1. The highest BCUT2D eigenvalue weighted by Crippen LogP contribution is 2.43. The van der Waals surface area contributed by atoms with Crippen LogP contribution in [-0.4, -0.2) is 33.2 Å². The van der Waals surface area contributed by atoms with E-state index >= 15 is 0 Å². The zero-order valence-electron chi connectivity index (χ0n) is 16.2. The van der Waals surface area contributed by atoms with Crippen LogP contribution >= 0.6 is 0 Å². The van der Waals surface area contributed by atoms with Crippen molar-refractivity contribution in [1.82, 2.24) is 19.9 Å². The van der Waals surface area contributed by atoms with Gasteiger partial charge in [-0.3, -0.25) is 4.79 Å². The third-order valence-electron chi connectivity index (χ3n) is 5.82. The van der Waals surface area contributed by atoms with E-state index in [9.17, 15) is 18.0 Å². The first-order valence-electron chi connectivity index (χ1n) is 9.75. The van der Waals surface area contributed by atoms with Crippen molar-refractivity contribution in [2.45, 2.75) is 25.1 Å². The van der Waals surface area contributed by atoms with Gasteiger partial charge in [-0.1, -0.05) is 6.07 Å². The Morgan fingerprint density at radius 3 is 2.84 bits per heavy atom. The summed E-state index contributed by atoms with van der Waals surface area (Å²) in [7, 11) is 0. The minimum atomic E-state index is -4.86. The van der Waals surface area contributed by atoms with E-state index in [-0.39, 0.29) is 18.5 Å². The zero-order valence-corrected chi connectivity index (χ0v) is 16.2. The minimum Gasteiger partial charge on any atom is -0.464 e. The molecule has 1 fully saturated rings. The van der Waals surface area contributed by atoms with Crippen LogP contribution in [0.15, 0.2) is 47.5 Å². The summed E-state index contributed by atoms with van der Waals surface area (Å²) in [6.45, 7) is -0.00478. The van der Waals surface area contributed by atoms with Gasteiger partial charge in [-0.15, -0.1) is 0 Å². The van der Waals surface area contributed by atoms with Crippen LogP contribution in [0.3, 0.4) is 0 Å². The van der Waals surface area contributed by atoms with E-state index < -0.39 is 12.1 Å². The van der Waals surface area contributed by atoms with Crippen LogP contribution in [0.5, 0.6) is 0 Å². The molecular weight excluding hydrogens is 411 g/mol. The first-order chi connectivity index (χ1) is 14.8. The molecule has 160 valence electrons. The van der Waals surface area contributed by atoms with Crippen LogP contribution in [0.1, 0.15) is 18.9 Å². The molecule has 0 aliphatic heterocycles. The number of benzene rings is 1. The smallest absolute Gasteiger partial charge is 0.464 e. The van der Waals surface area contributed by atoms with Gasteiger partial charge in [0.15, 0.2) is 0 Å². The van der Waals surface area contributed by atoms with Gasteiger partial charge in [0.25, 0.3) is 0 Å². The van der Waals surface area contributed by atoms with E-state index in [1.807, 2.05) is 40.3 Å². The summed E-state index contributed by atoms with van der Waals surface area (Å²) >= 11 is 0. The monoisotopic (exact) mass is 429 g/mol. The van der Waals surface area contributed by atoms with Gasteiger partial charge in [0.1, 0.15) is 23.4 Å². The minimum absolute atomic E-state index is 0.00478. The molecule has 5 rings (SSSR count). The van der Waals surface area contributed by atoms with Crippen molar-refractivity contribution in [2.75, 3.05) is 12.3 Å². The molecule has 3 N–H and O–H groups in total. The number of fused-ring (bicyclic) bond motifs is 2. The molecule has 0 unspecified atom stereocenters. The fourth-order valence-electron chi connectivity index (χ4n) is 4.17. The fourth-order valence-corrected chi connectivity index (χ4v) is 4.17. The van der Waals surface area contributed by atoms with Gasteiger partial charge in [-0.05, 0) is 42.5 Å². The SMILES string of the molecule is Nc1ncnc2c1c(-c1ccc3occc3c1)cn2C1CC(CNC(=O)C(F)(F)F)C1. The molecule has 7 nitrogen and oxygen atoms in total. The number of anilines is 1. The largest absolute Gasteiger partial charge is 0.471 e. The number of amides is 1. The van der Waals surface area contributed by atoms with Crippen LogP contribution in [-0.2, 0) is 4.79 Å². The predicted molar refractivity (Wildman–Crippen MR) is 108 cm³/mol. The highest BCUT2D eigenvalue weighted by molar-refractivity contribution is 6.02. The maximum Gasteiger partial charge on any atom is 0.471 e. The van der Waals surface area contributed by atoms with E-state index in [1.54, 1.807) is 6.26 Å². The first kappa shape index (κ1) is 19.4. The Labute approximate surface area is 174 Å². The Bertz CT molecular complexity index is 1290. The number of halogens is 3. The van der Waals surface area contributed by atoms with Gasteiger partial charge >= 0.3 is 12.1 Å². The highest BCUT2D eigenvalue weighted by Gasteiger charge is 2.40. The molecule has 1 amide bonds. The van der Waals surface area contributed by atoms with Gasteiger partial charge < -0.3 is 20.0 Å². The standard InChI is InChI=1S/C21H18F3N5O2/c22-21(23,24)20(30)26-8-11-5-14(6-11)29-9-15(17-18(25)27-10-28-19(17)29)12-1-2-16-13(7-12)3-4-31-16/h1-4,7,9-11,14H,5-6,8H2,(H,26,30)(H2,25,27,28). The van der Waals surface area contributed by atoms with Crippen molar-refractivity contribution in [3.8, 4) is 11.1 Å². The van der Waals surface area contributed by atoms with Gasteiger partial charge in [-0.25, -0.2) is 9.97 Å². The molecule has 4 aromatic rings. The first-order valence-corrected chi connectivity index (χ1v) is 9.75. The number of alkyl halides is 3. The summed E-state index contributed by atoms with van der Waals surface area (Å²) in [5, 5.41) is 3.65. The molecule has 0 saturated heterocycles. The van der Waals surface area contributed by atoms with E-state index in [0.717, 1.165) is 27.5 Å². The quantitative estimate of drug-likeness (QED) is 0.510. The summed E-state index contributed by atoms with van der Waals surface area (Å²) in [4.78, 5) is 19.6. The van der Waals surface area contributed by atoms with Crippen LogP contribution in [0, 0.1) is 5.92 Å². The number of hydrogen-bond acceptors (Lipinski definition) is 5. The molecular formula is C21H18F3N5O2. The second-order valence-corrected chi connectivity index (χ2v) is 7.78. The molecule has 1 aromatic carbocycles. The number of nitrogens with one attached hydrogen (secondary N) is 1. The molecule has 10 heteroatoms. The number of furan rings is 1. The van der Waals surface area contributed by atoms with E-state index in [0.29, 0.717) is 24.3 Å². The molecule has 3 aromatic heterocycles. The number of aromatic nitrogens is 3.